The molecule has 1 aliphatic heterocycles. The average Bonchev–Trinajstić information content (AvgIpc) is 2.69. The molecular weight excluding hydrogens is 328 g/mol. The van der Waals surface area contributed by atoms with Gasteiger partial charge < -0.3 is 19.9 Å². The maximum absolute atomic E-state index is 12.2. The second-order valence-electron chi connectivity index (χ2n) is 6.35. The molecule has 0 radical (unpaired) electrons. The summed E-state index contributed by atoms with van der Waals surface area (Å²) in [5.74, 6) is 0.860. The number of anilines is 2. The van der Waals surface area contributed by atoms with Crippen LogP contribution in [0.2, 0.25) is 0 Å². The lowest BCUT2D eigenvalue weighted by molar-refractivity contribution is -0.892. The molecule has 2 aromatic rings. The van der Waals surface area contributed by atoms with Gasteiger partial charge >= 0.3 is 0 Å². The monoisotopic (exact) mass is 351 g/mol. The van der Waals surface area contributed by atoms with E-state index in [1.165, 1.54) is 4.90 Å². The molecule has 0 spiro atoms. The molecule has 1 amide bonds. The highest BCUT2D eigenvalue weighted by Gasteiger charge is 2.22. The molecule has 1 fully saturated rings. The summed E-state index contributed by atoms with van der Waals surface area (Å²) < 4.78 is 5.29. The number of rotatable bonds is 5. The Morgan fingerprint density at radius 2 is 1.96 bits per heavy atom. The zero-order chi connectivity index (χ0) is 18.4. The molecule has 3 rings (SSSR count). The molecule has 0 unspecified atom stereocenters. The zero-order valence-corrected chi connectivity index (χ0v) is 14.9. The summed E-state index contributed by atoms with van der Waals surface area (Å²) in [5.41, 5.74) is 2.47. The number of hydrogen-bond acceptors (Lipinski definition) is 4. The van der Waals surface area contributed by atoms with Gasteiger partial charge in [-0.3, -0.25) is 4.79 Å². The molecule has 0 bridgehead atoms. The summed E-state index contributed by atoms with van der Waals surface area (Å²) in [6.07, 6.45) is 0. The largest absolute Gasteiger partial charge is 0.497 e. The van der Waals surface area contributed by atoms with Crippen molar-refractivity contribution in [2.45, 2.75) is 0 Å². The van der Waals surface area contributed by atoms with Gasteiger partial charge in [0.2, 0.25) is 0 Å². The van der Waals surface area contributed by atoms with Gasteiger partial charge in [-0.05, 0) is 36.4 Å². The quantitative estimate of drug-likeness (QED) is 0.840. The van der Waals surface area contributed by atoms with Gasteiger partial charge in [0, 0.05) is 17.4 Å². The third-order valence-electron chi connectivity index (χ3n) is 4.60. The molecule has 0 aromatic heterocycles. The van der Waals surface area contributed by atoms with Crippen LogP contribution in [0, 0.1) is 11.3 Å². The number of amides is 1. The summed E-state index contributed by atoms with van der Waals surface area (Å²) in [6, 6.07) is 17.1. The number of quaternary nitrogens is 1. The molecule has 0 atom stereocenters. The lowest BCUT2D eigenvalue weighted by Crippen LogP contribution is -3.15. The fourth-order valence-electron chi connectivity index (χ4n) is 3.13. The van der Waals surface area contributed by atoms with Crippen LogP contribution in [0.15, 0.2) is 48.5 Å². The third kappa shape index (κ3) is 4.52. The number of nitriles is 1. The minimum Gasteiger partial charge on any atom is -0.497 e. The minimum atomic E-state index is -0.000428. The molecule has 26 heavy (non-hydrogen) atoms. The van der Waals surface area contributed by atoms with Crippen molar-refractivity contribution in [3.05, 3.63) is 54.1 Å². The Kier molecular flexibility index (Phi) is 5.72. The van der Waals surface area contributed by atoms with Gasteiger partial charge in [0.15, 0.2) is 6.54 Å². The van der Waals surface area contributed by atoms with Gasteiger partial charge in [0.1, 0.15) is 5.75 Å². The van der Waals surface area contributed by atoms with E-state index in [0.717, 1.165) is 43.3 Å². The Hall–Kier alpha value is -3.04. The van der Waals surface area contributed by atoms with Crippen LogP contribution in [0.1, 0.15) is 5.56 Å². The van der Waals surface area contributed by atoms with E-state index < -0.39 is 0 Å². The molecule has 6 heteroatoms. The van der Waals surface area contributed by atoms with Crippen LogP contribution in [0.3, 0.4) is 0 Å². The molecule has 1 saturated heterocycles. The van der Waals surface area contributed by atoms with Crippen molar-refractivity contribution in [3.8, 4) is 11.8 Å². The van der Waals surface area contributed by atoms with Crippen LogP contribution in [-0.4, -0.2) is 45.7 Å². The van der Waals surface area contributed by atoms with E-state index in [-0.39, 0.29) is 5.91 Å². The number of ether oxygens (including phenoxy) is 1. The average molecular weight is 351 g/mol. The van der Waals surface area contributed by atoms with E-state index in [1.807, 2.05) is 18.2 Å². The Balaban J connectivity index is 1.48. The van der Waals surface area contributed by atoms with Crippen molar-refractivity contribution in [2.24, 2.45) is 0 Å². The summed E-state index contributed by atoms with van der Waals surface area (Å²) in [5, 5.41) is 11.7. The van der Waals surface area contributed by atoms with E-state index in [9.17, 15) is 4.79 Å². The number of carbonyl (C=O) groups is 1. The lowest BCUT2D eigenvalue weighted by atomic mass is 10.2. The van der Waals surface area contributed by atoms with Crippen LogP contribution in [0.4, 0.5) is 11.4 Å². The molecule has 134 valence electrons. The van der Waals surface area contributed by atoms with Crippen molar-refractivity contribution in [1.82, 2.24) is 0 Å². The topological polar surface area (TPSA) is 69.8 Å². The molecule has 1 aliphatic rings. The standard InChI is InChI=1S/C20H22N4O2/c1-26-19-4-2-3-18(13-19)24-11-9-23(10-12-24)15-20(25)22-17-7-5-16(14-21)6-8-17/h2-8,13H,9-12,15H2,1H3,(H,22,25)/p+1. The second kappa shape index (κ2) is 8.37. The first-order chi connectivity index (χ1) is 12.7. The SMILES string of the molecule is COc1cccc(N2CC[NH+](CC(=O)Nc3ccc(C#N)cc3)CC2)c1. The molecule has 1 heterocycles. The van der Waals surface area contributed by atoms with Crippen LogP contribution >= 0.6 is 0 Å². The maximum atomic E-state index is 12.2. The number of nitrogens with one attached hydrogen (secondary N) is 2. The van der Waals surface area contributed by atoms with Crippen LogP contribution in [0.25, 0.3) is 0 Å². The first-order valence-electron chi connectivity index (χ1n) is 8.70. The van der Waals surface area contributed by atoms with Crippen molar-refractivity contribution in [2.75, 3.05) is 50.1 Å². The minimum absolute atomic E-state index is 0.000428. The summed E-state index contributed by atoms with van der Waals surface area (Å²) >= 11 is 0. The summed E-state index contributed by atoms with van der Waals surface area (Å²) in [4.78, 5) is 15.8. The predicted molar refractivity (Wildman–Crippen MR) is 101 cm³/mol. The molecule has 6 nitrogen and oxygen atoms in total. The van der Waals surface area contributed by atoms with Crippen molar-refractivity contribution < 1.29 is 14.4 Å². The smallest absolute Gasteiger partial charge is 0.279 e. The molecule has 0 aliphatic carbocycles. The van der Waals surface area contributed by atoms with Crippen molar-refractivity contribution >= 4 is 17.3 Å². The van der Waals surface area contributed by atoms with E-state index in [2.05, 4.69) is 22.4 Å². The molecule has 2 N–H and O–H groups in total. The number of nitrogens with zero attached hydrogens (tertiary/aromatic N) is 2. The predicted octanol–water partition coefficient (Wildman–Crippen LogP) is 0.910. The Bertz CT molecular complexity index is 790. The zero-order valence-electron chi connectivity index (χ0n) is 14.9. The summed E-state index contributed by atoms with van der Waals surface area (Å²) in [6.45, 7) is 4.10. The highest BCUT2D eigenvalue weighted by Crippen LogP contribution is 2.20. The van der Waals surface area contributed by atoms with Crippen molar-refractivity contribution in [3.63, 3.8) is 0 Å². The fraction of sp³-hybridized carbons (Fsp3) is 0.300. The van der Waals surface area contributed by atoms with Gasteiger partial charge in [-0.1, -0.05) is 6.07 Å². The maximum Gasteiger partial charge on any atom is 0.279 e. The number of benzene rings is 2. The van der Waals surface area contributed by atoms with E-state index >= 15 is 0 Å². The Morgan fingerprint density at radius 1 is 1.23 bits per heavy atom. The third-order valence-corrected chi connectivity index (χ3v) is 4.60. The summed E-state index contributed by atoms with van der Waals surface area (Å²) in [7, 11) is 1.67. The first kappa shape index (κ1) is 17.8. The lowest BCUT2D eigenvalue weighted by Gasteiger charge is -2.33. The number of methoxy groups -OCH3 is 1. The highest BCUT2D eigenvalue weighted by molar-refractivity contribution is 5.91. The molecule has 0 saturated carbocycles. The number of hydrogen-bond donors (Lipinski definition) is 2. The van der Waals surface area contributed by atoms with Gasteiger partial charge in [0.05, 0.1) is 44.9 Å². The second-order valence-corrected chi connectivity index (χ2v) is 6.35. The van der Waals surface area contributed by atoms with Gasteiger partial charge in [0.25, 0.3) is 5.91 Å². The molecule has 2 aromatic carbocycles. The number of carbonyl (C=O) groups excluding carboxylic acids is 1. The molecular formula is C20H23N4O2+. The Morgan fingerprint density at radius 3 is 2.62 bits per heavy atom. The van der Waals surface area contributed by atoms with Gasteiger partial charge in [-0.2, -0.15) is 5.26 Å². The van der Waals surface area contributed by atoms with E-state index in [1.54, 1.807) is 31.4 Å². The van der Waals surface area contributed by atoms with Crippen molar-refractivity contribution in [1.29, 1.82) is 5.26 Å². The highest BCUT2D eigenvalue weighted by atomic mass is 16.5. The Labute approximate surface area is 153 Å². The van der Waals surface area contributed by atoms with Gasteiger partial charge in [-0.15, -0.1) is 0 Å². The van der Waals surface area contributed by atoms with E-state index in [4.69, 9.17) is 10.00 Å². The van der Waals surface area contributed by atoms with Gasteiger partial charge in [-0.25, -0.2) is 0 Å². The van der Waals surface area contributed by atoms with Crippen LogP contribution in [-0.2, 0) is 4.79 Å². The van der Waals surface area contributed by atoms with Crippen LogP contribution < -0.4 is 19.9 Å². The van der Waals surface area contributed by atoms with Crippen LogP contribution in [0.5, 0.6) is 5.75 Å². The number of piperazine rings is 1. The van der Waals surface area contributed by atoms with E-state index in [0.29, 0.717) is 12.1 Å². The normalized spacial score (nSPS) is 14.5. The first-order valence-corrected chi connectivity index (χ1v) is 8.70. The fourth-order valence-corrected chi connectivity index (χ4v) is 3.13.